The lowest BCUT2D eigenvalue weighted by Gasteiger charge is -2.37. The van der Waals surface area contributed by atoms with Gasteiger partial charge in [-0.15, -0.1) is 0 Å². The van der Waals surface area contributed by atoms with Gasteiger partial charge in [0.15, 0.2) is 0 Å². The number of phosphoric ester groups is 1. The Hall–Kier alpha value is -8.46. The van der Waals surface area contributed by atoms with Crippen LogP contribution >= 0.6 is 19.4 Å². The molecular formula is C60H55ClN5O15P. The average Bonchev–Trinajstić information content (AvgIpc) is 3.88. The predicted molar refractivity (Wildman–Crippen MR) is 300 cm³/mol. The molecule has 10 rings (SSSR count). The van der Waals surface area contributed by atoms with Gasteiger partial charge < -0.3 is 38.3 Å². The van der Waals surface area contributed by atoms with Gasteiger partial charge in [-0.05, 0) is 102 Å². The van der Waals surface area contributed by atoms with Gasteiger partial charge in [0, 0.05) is 41.4 Å². The number of benzene rings is 6. The minimum Gasteiger partial charge on any atom is -0.497 e. The fraction of sp³-hybridized carbons (Fsp3) is 0.233. The zero-order valence-electron chi connectivity index (χ0n) is 44.4. The predicted octanol–water partition coefficient (Wildman–Crippen LogP) is 9.42. The third-order valence-electron chi connectivity index (χ3n) is 13.8. The van der Waals surface area contributed by atoms with E-state index in [2.05, 4.69) is 15.3 Å². The summed E-state index contributed by atoms with van der Waals surface area (Å²) in [6.07, 6.45) is -4.60. The molecule has 2 aromatic heterocycles. The summed E-state index contributed by atoms with van der Waals surface area (Å²) in [6, 6.07) is 48.1. The molecule has 4 heterocycles. The number of amides is 1. The highest BCUT2D eigenvalue weighted by atomic mass is 35.5. The van der Waals surface area contributed by atoms with Crippen molar-refractivity contribution >= 4 is 37.1 Å². The number of nitrogens with zero attached hydrogens (tertiary/aromatic N) is 3. The number of carbonyl (C=O) groups excluding carboxylic acids is 2. The van der Waals surface area contributed by atoms with Crippen molar-refractivity contribution in [3.05, 3.63) is 252 Å². The van der Waals surface area contributed by atoms with Crippen molar-refractivity contribution in [2.75, 3.05) is 32.8 Å². The van der Waals surface area contributed by atoms with Crippen LogP contribution in [0.25, 0.3) is 0 Å². The monoisotopic (exact) mass is 1150 g/mol. The number of aromatic nitrogens is 4. The van der Waals surface area contributed by atoms with Crippen molar-refractivity contribution in [1.29, 1.82) is 0 Å². The van der Waals surface area contributed by atoms with E-state index in [-0.39, 0.29) is 42.1 Å². The first-order chi connectivity index (χ1) is 39.7. The molecule has 8 aromatic rings. The highest BCUT2D eigenvalue weighted by Crippen LogP contribution is 2.54. The normalized spacial score (nSPS) is 19.4. The highest BCUT2D eigenvalue weighted by Gasteiger charge is 2.48. The third-order valence-corrected chi connectivity index (χ3v) is 15.5. The van der Waals surface area contributed by atoms with Gasteiger partial charge in [0.2, 0.25) is 0 Å². The van der Waals surface area contributed by atoms with Crippen molar-refractivity contribution < 1.29 is 56.1 Å². The first-order valence-electron chi connectivity index (χ1n) is 25.9. The molecule has 422 valence electrons. The van der Waals surface area contributed by atoms with E-state index in [9.17, 15) is 24.0 Å². The van der Waals surface area contributed by atoms with Gasteiger partial charge in [-0.1, -0.05) is 103 Å². The number of carbonyl (C=O) groups is 2. The van der Waals surface area contributed by atoms with E-state index in [1.165, 1.54) is 54.2 Å². The summed E-state index contributed by atoms with van der Waals surface area (Å²) in [7, 11) is -1.83. The first kappa shape index (κ1) is 56.8. The van der Waals surface area contributed by atoms with Crippen LogP contribution in [0.3, 0.4) is 0 Å². The fourth-order valence-corrected chi connectivity index (χ4v) is 11.2. The van der Waals surface area contributed by atoms with Gasteiger partial charge in [-0.2, -0.15) is 4.98 Å². The zero-order chi connectivity index (χ0) is 57.4. The smallest absolute Gasteiger partial charge is 0.497 e. The number of H-pyrrole nitrogens is 1. The lowest BCUT2D eigenvalue weighted by Crippen LogP contribution is -2.39. The van der Waals surface area contributed by atoms with E-state index in [0.717, 1.165) is 4.57 Å². The summed E-state index contributed by atoms with van der Waals surface area (Å²) < 4.78 is 74.6. The first-order valence-corrected chi connectivity index (χ1v) is 27.8. The van der Waals surface area contributed by atoms with E-state index in [0.29, 0.717) is 38.8 Å². The van der Waals surface area contributed by atoms with Gasteiger partial charge in [0.05, 0.1) is 33.0 Å². The molecule has 1 amide bonds. The Bertz CT molecular complexity index is 3690. The van der Waals surface area contributed by atoms with E-state index in [4.69, 9.17) is 53.6 Å². The van der Waals surface area contributed by atoms with Crippen LogP contribution < -0.4 is 36.3 Å². The molecule has 0 spiro atoms. The zero-order valence-corrected chi connectivity index (χ0v) is 46.1. The summed E-state index contributed by atoms with van der Waals surface area (Å²) in [5.41, 5.74) is -0.692. The molecule has 1 unspecified atom stereocenters. The van der Waals surface area contributed by atoms with Crippen molar-refractivity contribution in [2.45, 2.75) is 62.2 Å². The minimum absolute atomic E-state index is 0.0138. The van der Waals surface area contributed by atoms with Gasteiger partial charge in [0.1, 0.15) is 65.5 Å². The van der Waals surface area contributed by atoms with Crippen molar-refractivity contribution in [1.82, 2.24) is 19.1 Å². The molecule has 2 aliphatic heterocycles. The van der Waals surface area contributed by atoms with Crippen LogP contribution in [-0.4, -0.2) is 82.8 Å². The van der Waals surface area contributed by atoms with Gasteiger partial charge >= 0.3 is 25.2 Å². The molecule has 2 N–H and O–H groups in total. The Morgan fingerprint density at radius 2 is 1.22 bits per heavy atom. The number of methoxy groups -OCH3 is 2. The van der Waals surface area contributed by atoms with Crippen LogP contribution in [-0.2, 0) is 38.2 Å². The van der Waals surface area contributed by atoms with Crippen molar-refractivity contribution in [3.63, 3.8) is 0 Å². The topological polar surface area (TPSA) is 236 Å². The maximum atomic E-state index is 15.7. The summed E-state index contributed by atoms with van der Waals surface area (Å²) in [4.78, 5) is 72.9. The van der Waals surface area contributed by atoms with E-state index in [1.807, 2.05) is 78.9 Å². The number of anilines is 1. The third kappa shape index (κ3) is 12.8. The molecule has 20 nitrogen and oxygen atoms in total. The Morgan fingerprint density at radius 1 is 0.683 bits per heavy atom. The maximum absolute atomic E-state index is 15.7. The number of esters is 1. The molecule has 6 aromatic carbocycles. The standard InChI is InChI=1S/C60H55ClN5O15P/c1-38-35-66(59(71)64-55(38)67)54-34-49(50(77-54)36-75-60(41-17-11-6-12-18-41,42-19-25-45(73-2)26-20-42)43-21-27-46(74-3)28-22-43)81-82(72,80-47-29-23-44(61)24-30-47)76-37-51-48(79-57(69)40-15-9-5-10-16-40)33-53(78-51)65-32-31-52(63-58(65)70)62-56(68)39-13-7-4-8-14-39/h4-32,35,48-51,53-54H,33-34,36-37H2,1-3H3,(H,64,67,71)(H,62,63,68,70)/t48-,49-,50+,51+,53+,54+,82?/m0/s1. The van der Waals surface area contributed by atoms with Gasteiger partial charge in [-0.3, -0.25) is 32.8 Å². The number of phosphoric acid groups is 1. The van der Waals surface area contributed by atoms with Crippen LogP contribution in [0.4, 0.5) is 5.82 Å². The SMILES string of the molecule is COc1ccc(C(OC[C@H]2O[C@@H](n3cc(C)c(=O)[nH]c3=O)C[C@@H]2OP(=O)(OC[C@H]2O[C@@H](n3ccc(NC(=O)c4ccccc4)nc3=O)C[C@@H]2OC(=O)c2ccccc2)Oc2ccc(Cl)cc2)(c2ccccc2)c2ccc(OC)cc2)cc1. The maximum Gasteiger partial charge on any atom is 0.530 e. The molecule has 2 fully saturated rings. The lowest BCUT2D eigenvalue weighted by molar-refractivity contribution is -0.0950. The Labute approximate surface area is 474 Å². The number of aryl methyl sites for hydroxylation is 1. The molecule has 2 aliphatic rings. The van der Waals surface area contributed by atoms with Crippen molar-refractivity contribution in [2.24, 2.45) is 0 Å². The van der Waals surface area contributed by atoms with Crippen LogP contribution in [0.5, 0.6) is 17.2 Å². The molecule has 22 heteroatoms. The molecular weight excluding hydrogens is 1100 g/mol. The van der Waals surface area contributed by atoms with Crippen molar-refractivity contribution in [3.8, 4) is 17.2 Å². The Kier molecular flexibility index (Phi) is 17.4. The minimum atomic E-state index is -4.96. The second-order valence-corrected chi connectivity index (χ2v) is 21.1. The number of ether oxygens (including phenoxy) is 6. The summed E-state index contributed by atoms with van der Waals surface area (Å²) in [6.45, 7) is 0.617. The quantitative estimate of drug-likeness (QED) is 0.0387. The number of halogens is 1. The molecule has 7 atom stereocenters. The summed E-state index contributed by atoms with van der Waals surface area (Å²) >= 11 is 6.28. The van der Waals surface area contributed by atoms with Crippen LogP contribution in [0.15, 0.2) is 197 Å². The number of aromatic amines is 1. The van der Waals surface area contributed by atoms with Gasteiger partial charge in [0.25, 0.3) is 11.5 Å². The molecule has 0 radical (unpaired) electrons. The van der Waals surface area contributed by atoms with Crippen LogP contribution in [0.2, 0.25) is 5.02 Å². The number of hydrogen-bond donors (Lipinski definition) is 2. The number of nitrogens with one attached hydrogen (secondary N) is 2. The molecule has 0 saturated carbocycles. The van der Waals surface area contributed by atoms with E-state index < -0.39 is 85.7 Å². The van der Waals surface area contributed by atoms with Crippen LogP contribution in [0.1, 0.15) is 68.3 Å². The molecule has 82 heavy (non-hydrogen) atoms. The second-order valence-electron chi connectivity index (χ2n) is 19.1. The van der Waals surface area contributed by atoms with Gasteiger partial charge in [-0.25, -0.2) is 18.9 Å². The molecule has 0 bridgehead atoms. The summed E-state index contributed by atoms with van der Waals surface area (Å²) in [5.74, 6) is -0.0200. The number of rotatable bonds is 21. The van der Waals surface area contributed by atoms with Crippen LogP contribution in [0, 0.1) is 6.92 Å². The Balaban J connectivity index is 0.992. The van der Waals surface area contributed by atoms with E-state index >= 15 is 4.57 Å². The fourth-order valence-electron chi connectivity index (χ4n) is 9.65. The number of hydrogen-bond acceptors (Lipinski definition) is 16. The van der Waals surface area contributed by atoms with E-state index in [1.54, 1.807) is 74.9 Å². The largest absolute Gasteiger partial charge is 0.530 e. The molecule has 0 aliphatic carbocycles. The highest BCUT2D eigenvalue weighted by molar-refractivity contribution is 7.49. The average molecular weight is 1150 g/mol. The summed E-state index contributed by atoms with van der Waals surface area (Å²) in [5, 5.41) is 2.96. The Morgan fingerprint density at radius 3 is 1.82 bits per heavy atom. The molecule has 2 saturated heterocycles. The second kappa shape index (κ2) is 25.1. The lowest BCUT2D eigenvalue weighted by atomic mass is 9.80.